The molecule has 0 radical (unpaired) electrons. The molecule has 0 aliphatic carbocycles. The molecule has 0 aromatic heterocycles. The second kappa shape index (κ2) is 3.88. The zero-order valence-corrected chi connectivity index (χ0v) is 4.60. The third-order valence-electron chi connectivity index (χ3n) is 0.537. The first-order valence-corrected chi connectivity index (χ1v) is 2.13. The molecule has 0 unspecified atom stereocenters. The monoisotopic (exact) mass is 109 g/mol. The van der Waals surface area contributed by atoms with Crippen LogP contribution in [0.15, 0.2) is 12.3 Å². The van der Waals surface area contributed by atoms with Gasteiger partial charge in [-0.3, -0.25) is 5.41 Å². The van der Waals surface area contributed by atoms with Crippen molar-refractivity contribution in [2.45, 2.75) is 0 Å². The van der Waals surface area contributed by atoms with Crippen LogP contribution >= 0.6 is 0 Å². The first kappa shape index (κ1) is 6.70. The molecule has 3 heteroatoms. The maximum absolute atomic E-state index is 8.01. The van der Waals surface area contributed by atoms with Gasteiger partial charge < -0.3 is 5.32 Å². The van der Waals surface area contributed by atoms with E-state index in [4.69, 9.17) is 10.7 Å². The number of nitrogens with one attached hydrogen (secondary N) is 2. The van der Waals surface area contributed by atoms with Crippen molar-refractivity contribution in [2.75, 3.05) is 7.05 Å². The summed E-state index contributed by atoms with van der Waals surface area (Å²) < 4.78 is 0. The second-order valence-corrected chi connectivity index (χ2v) is 1.15. The van der Waals surface area contributed by atoms with Crippen LogP contribution in [0.1, 0.15) is 0 Å². The molecule has 0 spiro atoms. The summed E-state index contributed by atoms with van der Waals surface area (Å²) in [5.74, 6) is 0. The quantitative estimate of drug-likeness (QED) is 0.500. The van der Waals surface area contributed by atoms with Crippen molar-refractivity contribution in [1.82, 2.24) is 5.32 Å². The number of hydrogen-bond donors (Lipinski definition) is 2. The fourth-order valence-corrected chi connectivity index (χ4v) is 0.204. The van der Waals surface area contributed by atoms with Crippen LogP contribution in [-0.2, 0) is 0 Å². The largest absolute Gasteiger partial charge is 0.394 e. The van der Waals surface area contributed by atoms with Crippen molar-refractivity contribution in [3.8, 4) is 6.07 Å². The predicted octanol–water partition coefficient (Wildman–Crippen LogP) is 0.263. The van der Waals surface area contributed by atoms with E-state index in [1.165, 1.54) is 12.3 Å². The molecule has 2 N–H and O–H groups in total. The van der Waals surface area contributed by atoms with Gasteiger partial charge in [-0.05, 0) is 12.3 Å². The van der Waals surface area contributed by atoms with Gasteiger partial charge in [0.05, 0.1) is 0 Å². The minimum atomic E-state index is -0.0423. The van der Waals surface area contributed by atoms with E-state index in [-0.39, 0.29) is 5.71 Å². The molecule has 0 saturated carbocycles. The molecule has 0 aromatic rings. The van der Waals surface area contributed by atoms with Gasteiger partial charge in [-0.2, -0.15) is 5.26 Å². The number of rotatable bonds is 2. The SMILES string of the molecule is CN/C=C\C(=N)C#N. The summed E-state index contributed by atoms with van der Waals surface area (Å²) in [5.41, 5.74) is -0.0423. The average molecular weight is 109 g/mol. The molecule has 8 heavy (non-hydrogen) atoms. The Morgan fingerprint density at radius 3 is 2.88 bits per heavy atom. The van der Waals surface area contributed by atoms with Gasteiger partial charge in [-0.15, -0.1) is 0 Å². The average Bonchev–Trinajstić information content (AvgIpc) is 1.83. The van der Waals surface area contributed by atoms with E-state index < -0.39 is 0 Å². The van der Waals surface area contributed by atoms with E-state index in [0.29, 0.717) is 0 Å². The lowest BCUT2D eigenvalue weighted by Crippen LogP contribution is -1.94. The van der Waals surface area contributed by atoms with Crippen molar-refractivity contribution in [1.29, 1.82) is 10.7 Å². The summed E-state index contributed by atoms with van der Waals surface area (Å²) in [5, 5.41) is 17.4. The van der Waals surface area contributed by atoms with Crippen LogP contribution < -0.4 is 5.32 Å². The summed E-state index contributed by atoms with van der Waals surface area (Å²) in [6, 6.07) is 1.66. The van der Waals surface area contributed by atoms with Gasteiger partial charge in [0.1, 0.15) is 11.8 Å². The van der Waals surface area contributed by atoms with Gasteiger partial charge in [0.15, 0.2) is 0 Å². The topological polar surface area (TPSA) is 59.7 Å². The Kier molecular flexibility index (Phi) is 3.25. The zero-order valence-electron chi connectivity index (χ0n) is 4.60. The lowest BCUT2D eigenvalue weighted by Gasteiger charge is -1.80. The van der Waals surface area contributed by atoms with Crippen LogP contribution in [0.3, 0.4) is 0 Å². The molecule has 0 aliphatic heterocycles. The number of allylic oxidation sites excluding steroid dienone is 1. The van der Waals surface area contributed by atoms with Gasteiger partial charge >= 0.3 is 0 Å². The van der Waals surface area contributed by atoms with Gasteiger partial charge in [-0.1, -0.05) is 0 Å². The fraction of sp³-hybridized carbons (Fsp3) is 0.200. The molecular formula is C5H7N3. The highest BCUT2D eigenvalue weighted by atomic mass is 14.8. The van der Waals surface area contributed by atoms with Crippen LogP contribution in [0.25, 0.3) is 0 Å². The number of hydrogen-bond acceptors (Lipinski definition) is 3. The van der Waals surface area contributed by atoms with E-state index in [9.17, 15) is 0 Å². The zero-order chi connectivity index (χ0) is 6.41. The Hall–Kier alpha value is -1.30. The molecular weight excluding hydrogens is 102 g/mol. The second-order valence-electron chi connectivity index (χ2n) is 1.15. The van der Waals surface area contributed by atoms with Crippen molar-refractivity contribution in [2.24, 2.45) is 0 Å². The van der Waals surface area contributed by atoms with Crippen LogP contribution in [0.5, 0.6) is 0 Å². The van der Waals surface area contributed by atoms with E-state index in [1.54, 1.807) is 13.1 Å². The molecule has 0 rings (SSSR count). The number of nitrogens with zero attached hydrogens (tertiary/aromatic N) is 1. The first-order chi connectivity index (χ1) is 3.81. The number of nitriles is 1. The lowest BCUT2D eigenvalue weighted by molar-refractivity contribution is 1.10. The fourth-order valence-electron chi connectivity index (χ4n) is 0.204. The molecule has 0 aliphatic rings. The Labute approximate surface area is 48.1 Å². The van der Waals surface area contributed by atoms with Crippen LogP contribution in [0.2, 0.25) is 0 Å². The molecule has 0 heterocycles. The summed E-state index contributed by atoms with van der Waals surface area (Å²) >= 11 is 0. The van der Waals surface area contributed by atoms with Crippen LogP contribution in [0, 0.1) is 16.7 Å². The third-order valence-corrected chi connectivity index (χ3v) is 0.537. The molecule has 0 saturated heterocycles. The Morgan fingerprint density at radius 2 is 2.50 bits per heavy atom. The summed E-state index contributed by atoms with van der Waals surface area (Å²) in [7, 11) is 1.71. The Balaban J connectivity index is 3.58. The minimum absolute atomic E-state index is 0.0423. The Morgan fingerprint density at radius 1 is 1.88 bits per heavy atom. The highest BCUT2D eigenvalue weighted by Crippen LogP contribution is 1.69. The maximum atomic E-state index is 8.01. The van der Waals surface area contributed by atoms with Crippen molar-refractivity contribution < 1.29 is 0 Å². The normalized spacial score (nSPS) is 8.50. The lowest BCUT2D eigenvalue weighted by atomic mass is 10.4. The van der Waals surface area contributed by atoms with E-state index in [2.05, 4.69) is 5.32 Å². The molecule has 0 amide bonds. The van der Waals surface area contributed by atoms with E-state index in [1.807, 2.05) is 0 Å². The van der Waals surface area contributed by atoms with E-state index >= 15 is 0 Å². The van der Waals surface area contributed by atoms with E-state index in [0.717, 1.165) is 0 Å². The molecule has 0 atom stereocenters. The minimum Gasteiger partial charge on any atom is -0.394 e. The highest BCUT2D eigenvalue weighted by Gasteiger charge is 1.78. The molecule has 42 valence electrons. The predicted molar refractivity (Wildman–Crippen MR) is 31.5 cm³/mol. The van der Waals surface area contributed by atoms with Gasteiger partial charge in [0, 0.05) is 7.05 Å². The van der Waals surface area contributed by atoms with Gasteiger partial charge in [-0.25, -0.2) is 0 Å². The first-order valence-electron chi connectivity index (χ1n) is 2.13. The van der Waals surface area contributed by atoms with Gasteiger partial charge in [0.2, 0.25) is 0 Å². The summed E-state index contributed by atoms with van der Waals surface area (Å²) in [6.45, 7) is 0. The van der Waals surface area contributed by atoms with Crippen molar-refractivity contribution in [3.05, 3.63) is 12.3 Å². The standard InChI is InChI=1S/C5H7N3/c1-8-3-2-5(7)4-6/h2-3,7-8H,1H3/b3-2-,7-5?. The Bertz CT molecular complexity index is 140. The molecule has 0 aromatic carbocycles. The third kappa shape index (κ3) is 2.91. The molecule has 0 bridgehead atoms. The van der Waals surface area contributed by atoms with Crippen molar-refractivity contribution in [3.63, 3.8) is 0 Å². The van der Waals surface area contributed by atoms with Crippen LogP contribution in [0.4, 0.5) is 0 Å². The highest BCUT2D eigenvalue weighted by molar-refractivity contribution is 6.04. The van der Waals surface area contributed by atoms with Gasteiger partial charge in [0.25, 0.3) is 0 Å². The summed E-state index contributed by atoms with van der Waals surface area (Å²) in [4.78, 5) is 0. The maximum Gasteiger partial charge on any atom is 0.133 e. The summed E-state index contributed by atoms with van der Waals surface area (Å²) in [6.07, 6.45) is 2.92. The van der Waals surface area contributed by atoms with Crippen molar-refractivity contribution >= 4 is 5.71 Å². The molecule has 0 fully saturated rings. The smallest absolute Gasteiger partial charge is 0.133 e. The van der Waals surface area contributed by atoms with Crippen LogP contribution in [-0.4, -0.2) is 12.8 Å². The molecule has 3 nitrogen and oxygen atoms in total.